The van der Waals surface area contributed by atoms with Crippen LogP contribution in [0.3, 0.4) is 0 Å². The van der Waals surface area contributed by atoms with Crippen LogP contribution in [0.15, 0.2) is 0 Å². The van der Waals surface area contributed by atoms with E-state index in [-0.39, 0.29) is 5.91 Å². The highest BCUT2D eigenvalue weighted by Gasteiger charge is 2.32. The molecule has 0 aliphatic carbocycles. The Morgan fingerprint density at radius 2 is 2.17 bits per heavy atom. The van der Waals surface area contributed by atoms with Crippen molar-refractivity contribution in [3.8, 4) is 0 Å². The van der Waals surface area contributed by atoms with Crippen LogP contribution in [0.25, 0.3) is 0 Å². The topological polar surface area (TPSA) is 63.7 Å². The Morgan fingerprint density at radius 3 is 2.50 bits per heavy atom. The number of hydrogen-bond acceptors (Lipinski definition) is 4. The van der Waals surface area contributed by atoms with Crippen LogP contribution < -0.4 is 0 Å². The first-order chi connectivity index (χ1) is 5.40. The molecule has 0 N–H and O–H groups in total. The predicted molar refractivity (Wildman–Crippen MR) is 42.0 cm³/mol. The lowest BCUT2D eigenvalue weighted by Crippen LogP contribution is -2.28. The first-order valence-electron chi connectivity index (χ1n) is 3.53. The molecule has 70 valence electrons. The summed E-state index contributed by atoms with van der Waals surface area (Å²) in [6.07, 6.45) is 0.589. The van der Waals surface area contributed by atoms with Gasteiger partial charge in [0.2, 0.25) is 0 Å². The number of rotatable bonds is 2. The molecule has 0 aromatic carbocycles. The van der Waals surface area contributed by atoms with E-state index in [4.69, 9.17) is 0 Å². The van der Waals surface area contributed by atoms with Crippen LogP contribution in [0, 0.1) is 0 Å². The van der Waals surface area contributed by atoms with Gasteiger partial charge in [0.15, 0.2) is 6.10 Å². The molecule has 0 radical (unpaired) electrons. The van der Waals surface area contributed by atoms with Gasteiger partial charge < -0.3 is 4.90 Å². The molecule has 6 heteroatoms. The smallest absolute Gasteiger partial charge is 0.265 e. The van der Waals surface area contributed by atoms with Crippen molar-refractivity contribution < 1.29 is 17.4 Å². The Balaban J connectivity index is 2.62. The summed E-state index contributed by atoms with van der Waals surface area (Å²) in [4.78, 5) is 12.6. The number of likely N-dealkylation sites (N-methyl/N-ethyl adjacent to an activating group) is 1. The summed E-state index contributed by atoms with van der Waals surface area (Å²) in [6.45, 7) is 0.555. The molecule has 1 aliphatic rings. The van der Waals surface area contributed by atoms with Crippen molar-refractivity contribution in [2.45, 2.75) is 12.5 Å². The lowest BCUT2D eigenvalue weighted by atomic mass is 10.3. The van der Waals surface area contributed by atoms with Gasteiger partial charge in [-0.25, -0.2) is 0 Å². The second-order valence-electron chi connectivity index (χ2n) is 2.84. The van der Waals surface area contributed by atoms with E-state index >= 15 is 0 Å². The zero-order chi connectivity index (χ0) is 9.35. The standard InChI is InChI=1S/C6H11NO4S/c1-7-4-3-5(6(7)8)11-12(2,9)10/h5H,3-4H2,1-2H3. The first kappa shape index (κ1) is 9.47. The van der Waals surface area contributed by atoms with E-state index in [0.717, 1.165) is 6.26 Å². The van der Waals surface area contributed by atoms with Crippen molar-refractivity contribution >= 4 is 16.0 Å². The second-order valence-corrected chi connectivity index (χ2v) is 4.44. The average Bonchev–Trinajstić information content (AvgIpc) is 2.16. The van der Waals surface area contributed by atoms with Crippen molar-refractivity contribution in [1.82, 2.24) is 4.90 Å². The van der Waals surface area contributed by atoms with E-state index < -0.39 is 16.2 Å². The maximum Gasteiger partial charge on any atom is 0.265 e. The highest BCUT2D eigenvalue weighted by molar-refractivity contribution is 7.86. The van der Waals surface area contributed by atoms with Crippen LogP contribution in [-0.4, -0.2) is 45.2 Å². The summed E-state index contributed by atoms with van der Waals surface area (Å²) >= 11 is 0. The van der Waals surface area contributed by atoms with Crippen molar-refractivity contribution in [3.63, 3.8) is 0 Å². The Morgan fingerprint density at radius 1 is 1.58 bits per heavy atom. The van der Waals surface area contributed by atoms with Crippen LogP contribution in [0.2, 0.25) is 0 Å². The van der Waals surface area contributed by atoms with Gasteiger partial charge in [-0.05, 0) is 0 Å². The summed E-state index contributed by atoms with van der Waals surface area (Å²) in [5.41, 5.74) is 0. The monoisotopic (exact) mass is 193 g/mol. The Bertz CT molecular complexity index is 284. The van der Waals surface area contributed by atoms with E-state index in [2.05, 4.69) is 4.18 Å². The van der Waals surface area contributed by atoms with E-state index in [0.29, 0.717) is 13.0 Å². The van der Waals surface area contributed by atoms with Crippen LogP contribution in [0.4, 0.5) is 0 Å². The molecule has 1 unspecified atom stereocenters. The number of likely N-dealkylation sites (tertiary alicyclic amines) is 1. The summed E-state index contributed by atoms with van der Waals surface area (Å²) < 4.78 is 25.9. The molecule has 1 aliphatic heterocycles. The van der Waals surface area contributed by atoms with E-state index in [9.17, 15) is 13.2 Å². The summed E-state index contributed by atoms with van der Waals surface area (Å²) in [5.74, 6) is -0.263. The highest BCUT2D eigenvalue weighted by Crippen LogP contribution is 2.13. The molecular weight excluding hydrogens is 182 g/mol. The molecule has 1 saturated heterocycles. The zero-order valence-electron chi connectivity index (χ0n) is 6.98. The third-order valence-corrected chi connectivity index (χ3v) is 2.25. The number of amides is 1. The zero-order valence-corrected chi connectivity index (χ0v) is 7.80. The SMILES string of the molecule is CN1CCC(OS(C)(=O)=O)C1=O. The third-order valence-electron chi connectivity index (χ3n) is 1.67. The largest absolute Gasteiger partial charge is 0.343 e. The number of nitrogens with zero attached hydrogens (tertiary/aromatic N) is 1. The van der Waals surface area contributed by atoms with Gasteiger partial charge in [0.05, 0.1) is 6.26 Å². The Hall–Kier alpha value is -0.620. The summed E-state index contributed by atoms with van der Waals surface area (Å²) in [6, 6.07) is 0. The van der Waals surface area contributed by atoms with Gasteiger partial charge in [-0.1, -0.05) is 0 Å². The number of carbonyl (C=O) groups excluding carboxylic acids is 1. The Labute approximate surface area is 71.4 Å². The fraction of sp³-hybridized carbons (Fsp3) is 0.833. The molecule has 0 aromatic rings. The molecule has 1 rings (SSSR count). The molecule has 0 spiro atoms. The van der Waals surface area contributed by atoms with Gasteiger partial charge in [-0.15, -0.1) is 0 Å². The normalized spacial score (nSPS) is 25.0. The quantitative estimate of drug-likeness (QED) is 0.538. The molecule has 1 amide bonds. The van der Waals surface area contributed by atoms with Crippen molar-refractivity contribution in [3.05, 3.63) is 0 Å². The lowest BCUT2D eigenvalue weighted by molar-refractivity contribution is -0.132. The number of carbonyl (C=O) groups is 1. The van der Waals surface area contributed by atoms with Gasteiger partial charge in [-0.3, -0.25) is 8.98 Å². The maximum absolute atomic E-state index is 11.1. The van der Waals surface area contributed by atoms with E-state index in [1.165, 1.54) is 4.90 Å². The summed E-state index contributed by atoms with van der Waals surface area (Å²) in [5, 5.41) is 0. The van der Waals surface area contributed by atoms with Gasteiger partial charge in [0.25, 0.3) is 16.0 Å². The molecular formula is C6H11NO4S. The fourth-order valence-electron chi connectivity index (χ4n) is 1.09. The van der Waals surface area contributed by atoms with Crippen molar-refractivity contribution in [1.29, 1.82) is 0 Å². The molecule has 0 saturated carbocycles. The van der Waals surface area contributed by atoms with Gasteiger partial charge in [0, 0.05) is 20.0 Å². The van der Waals surface area contributed by atoms with Crippen LogP contribution >= 0.6 is 0 Å². The van der Waals surface area contributed by atoms with E-state index in [1.54, 1.807) is 7.05 Å². The molecule has 0 aromatic heterocycles. The van der Waals surface area contributed by atoms with Crippen molar-refractivity contribution in [2.24, 2.45) is 0 Å². The minimum absolute atomic E-state index is 0.263. The molecule has 1 atom stereocenters. The maximum atomic E-state index is 11.1. The highest BCUT2D eigenvalue weighted by atomic mass is 32.2. The molecule has 5 nitrogen and oxygen atoms in total. The second kappa shape index (κ2) is 3.02. The number of hydrogen-bond donors (Lipinski definition) is 0. The minimum Gasteiger partial charge on any atom is -0.343 e. The summed E-state index contributed by atoms with van der Waals surface area (Å²) in [7, 11) is -1.89. The minimum atomic E-state index is -3.51. The average molecular weight is 193 g/mol. The third kappa shape index (κ3) is 2.18. The predicted octanol–water partition coefficient (Wildman–Crippen LogP) is -0.807. The van der Waals surface area contributed by atoms with E-state index in [1.807, 2.05) is 0 Å². The van der Waals surface area contributed by atoms with Crippen LogP contribution in [0.5, 0.6) is 0 Å². The molecule has 0 bridgehead atoms. The van der Waals surface area contributed by atoms with Crippen molar-refractivity contribution in [2.75, 3.05) is 19.8 Å². The van der Waals surface area contributed by atoms with Crippen LogP contribution in [-0.2, 0) is 19.1 Å². The van der Waals surface area contributed by atoms with Gasteiger partial charge in [-0.2, -0.15) is 8.42 Å². The molecule has 12 heavy (non-hydrogen) atoms. The van der Waals surface area contributed by atoms with Gasteiger partial charge in [0.1, 0.15) is 0 Å². The Kier molecular flexibility index (Phi) is 2.39. The fourth-order valence-corrected chi connectivity index (χ4v) is 1.69. The first-order valence-corrected chi connectivity index (χ1v) is 5.35. The van der Waals surface area contributed by atoms with Gasteiger partial charge >= 0.3 is 0 Å². The molecule has 1 fully saturated rings. The molecule has 1 heterocycles. The van der Waals surface area contributed by atoms with Crippen LogP contribution in [0.1, 0.15) is 6.42 Å². The lowest BCUT2D eigenvalue weighted by Gasteiger charge is -2.08.